The van der Waals surface area contributed by atoms with Gasteiger partial charge in [-0.05, 0) is 17.5 Å². The molecule has 0 aliphatic rings. The van der Waals surface area contributed by atoms with Crippen molar-refractivity contribution in [2.45, 2.75) is 0 Å². The Balaban J connectivity index is 2.41. The van der Waals surface area contributed by atoms with Crippen molar-refractivity contribution < 1.29 is 4.79 Å². The van der Waals surface area contributed by atoms with E-state index in [-0.39, 0.29) is 0 Å². The van der Waals surface area contributed by atoms with Gasteiger partial charge in [0.2, 0.25) is 5.78 Å². The molecule has 5 heteroatoms. The number of rotatable bonds is 2. The molecule has 0 fully saturated rings. The van der Waals surface area contributed by atoms with Crippen molar-refractivity contribution in [3.8, 4) is 12.1 Å². The molecular formula is C10H4N2OS2. The highest BCUT2D eigenvalue weighted by Gasteiger charge is 2.21. The summed E-state index contributed by atoms with van der Waals surface area (Å²) in [5.74, 6) is -1.58. The lowest BCUT2D eigenvalue weighted by atomic mass is 10.1. The Labute approximate surface area is 93.8 Å². The van der Waals surface area contributed by atoms with Gasteiger partial charge in [-0.1, -0.05) is 0 Å². The summed E-state index contributed by atoms with van der Waals surface area (Å²) in [7, 11) is 0. The summed E-state index contributed by atoms with van der Waals surface area (Å²) >= 11 is 2.87. The molecular weight excluding hydrogens is 228 g/mol. The minimum absolute atomic E-state index is 0.395. The molecule has 0 aromatic carbocycles. The molecule has 0 saturated heterocycles. The van der Waals surface area contributed by atoms with Gasteiger partial charge in [-0.3, -0.25) is 4.79 Å². The zero-order valence-electron chi connectivity index (χ0n) is 7.43. The average molecular weight is 232 g/mol. The molecule has 0 N–H and O–H groups in total. The first-order valence-electron chi connectivity index (χ1n) is 4.06. The minimum Gasteiger partial charge on any atom is -0.291 e. The van der Waals surface area contributed by atoms with E-state index >= 15 is 0 Å². The maximum Gasteiger partial charge on any atom is 0.204 e. The molecule has 72 valence electrons. The standard InChI is InChI=1S/C10H4N2OS2/c11-4-6(5-12)10(13)9-3-8-7(15-9)1-2-14-8/h1-3,6H. The number of ketones is 1. The molecule has 0 aliphatic carbocycles. The van der Waals surface area contributed by atoms with E-state index in [1.807, 2.05) is 11.4 Å². The van der Waals surface area contributed by atoms with Crippen LogP contribution in [0.5, 0.6) is 0 Å². The molecule has 0 atom stereocenters. The number of carbonyl (C=O) groups is 1. The monoisotopic (exact) mass is 232 g/mol. The van der Waals surface area contributed by atoms with Crippen LogP contribution in [-0.4, -0.2) is 5.78 Å². The number of hydrogen-bond acceptors (Lipinski definition) is 5. The summed E-state index contributed by atoms with van der Waals surface area (Å²) in [5, 5.41) is 19.1. The Morgan fingerprint density at radius 1 is 1.33 bits per heavy atom. The van der Waals surface area contributed by atoms with Crippen LogP contribution in [0.4, 0.5) is 0 Å². The highest BCUT2D eigenvalue weighted by atomic mass is 32.1. The maximum absolute atomic E-state index is 11.6. The van der Waals surface area contributed by atoms with Gasteiger partial charge in [0, 0.05) is 9.40 Å². The van der Waals surface area contributed by atoms with Crippen molar-refractivity contribution in [1.82, 2.24) is 0 Å². The lowest BCUT2D eigenvalue weighted by molar-refractivity contribution is 0.0975. The predicted octanol–water partition coefficient (Wildman–Crippen LogP) is 2.81. The van der Waals surface area contributed by atoms with E-state index < -0.39 is 11.7 Å². The van der Waals surface area contributed by atoms with E-state index in [2.05, 4.69) is 0 Å². The number of thiophene rings is 2. The van der Waals surface area contributed by atoms with Crippen molar-refractivity contribution in [1.29, 1.82) is 10.5 Å². The second-order valence-corrected chi connectivity index (χ2v) is 4.85. The number of nitrogens with zero attached hydrogens (tertiary/aromatic N) is 2. The highest BCUT2D eigenvalue weighted by molar-refractivity contribution is 7.27. The first-order valence-corrected chi connectivity index (χ1v) is 5.76. The van der Waals surface area contributed by atoms with Crippen LogP contribution in [0, 0.1) is 28.6 Å². The van der Waals surface area contributed by atoms with E-state index in [4.69, 9.17) is 10.5 Å². The third-order valence-corrected chi connectivity index (χ3v) is 4.01. The van der Waals surface area contributed by atoms with Gasteiger partial charge < -0.3 is 0 Å². The Morgan fingerprint density at radius 2 is 2.07 bits per heavy atom. The second kappa shape index (κ2) is 3.82. The molecule has 0 radical (unpaired) electrons. The Hall–Kier alpha value is -1.69. The molecule has 0 bridgehead atoms. The van der Waals surface area contributed by atoms with E-state index in [9.17, 15) is 4.79 Å². The zero-order chi connectivity index (χ0) is 10.8. The molecule has 2 aromatic rings. The molecule has 2 rings (SSSR count). The minimum atomic E-state index is -1.18. The summed E-state index contributed by atoms with van der Waals surface area (Å²) in [6.45, 7) is 0. The van der Waals surface area contributed by atoms with Crippen LogP contribution >= 0.6 is 22.7 Å². The lowest BCUT2D eigenvalue weighted by Gasteiger charge is -1.93. The Morgan fingerprint density at radius 3 is 2.67 bits per heavy atom. The molecule has 0 amide bonds. The average Bonchev–Trinajstić information content (AvgIpc) is 2.78. The highest BCUT2D eigenvalue weighted by Crippen LogP contribution is 2.31. The normalized spacial score (nSPS) is 10.1. The predicted molar refractivity (Wildman–Crippen MR) is 58.7 cm³/mol. The molecule has 0 aliphatic heterocycles. The van der Waals surface area contributed by atoms with Gasteiger partial charge in [0.25, 0.3) is 0 Å². The van der Waals surface area contributed by atoms with Gasteiger partial charge in [-0.15, -0.1) is 22.7 Å². The molecule has 0 spiro atoms. The fourth-order valence-corrected chi connectivity index (χ4v) is 3.25. The van der Waals surface area contributed by atoms with Crippen molar-refractivity contribution in [3.05, 3.63) is 22.4 Å². The van der Waals surface area contributed by atoms with Gasteiger partial charge in [0.15, 0.2) is 5.92 Å². The van der Waals surface area contributed by atoms with Crippen molar-refractivity contribution in [2.24, 2.45) is 5.92 Å². The number of hydrogen-bond donors (Lipinski definition) is 0. The molecule has 15 heavy (non-hydrogen) atoms. The van der Waals surface area contributed by atoms with E-state index in [1.165, 1.54) is 11.3 Å². The maximum atomic E-state index is 11.6. The lowest BCUT2D eigenvalue weighted by Crippen LogP contribution is -2.08. The van der Waals surface area contributed by atoms with Gasteiger partial charge in [0.1, 0.15) is 0 Å². The second-order valence-electron chi connectivity index (χ2n) is 2.82. The van der Waals surface area contributed by atoms with Gasteiger partial charge in [-0.25, -0.2) is 0 Å². The van der Waals surface area contributed by atoms with E-state index in [1.54, 1.807) is 29.5 Å². The summed E-state index contributed by atoms with van der Waals surface area (Å²) < 4.78 is 2.05. The van der Waals surface area contributed by atoms with Crippen molar-refractivity contribution in [3.63, 3.8) is 0 Å². The summed E-state index contributed by atoms with van der Waals surface area (Å²) in [6, 6.07) is 7.04. The Kier molecular flexibility index (Phi) is 2.51. The summed E-state index contributed by atoms with van der Waals surface area (Å²) in [4.78, 5) is 12.1. The van der Waals surface area contributed by atoms with Crippen molar-refractivity contribution in [2.75, 3.05) is 0 Å². The number of fused-ring (bicyclic) bond motifs is 1. The third kappa shape index (κ3) is 1.63. The quantitative estimate of drug-likeness (QED) is 0.748. The zero-order valence-corrected chi connectivity index (χ0v) is 9.06. The fourth-order valence-electron chi connectivity index (χ4n) is 1.18. The largest absolute Gasteiger partial charge is 0.291 e. The fraction of sp³-hybridized carbons (Fsp3) is 0.100. The molecule has 3 nitrogen and oxygen atoms in total. The van der Waals surface area contributed by atoms with Crippen LogP contribution in [0.25, 0.3) is 9.40 Å². The summed E-state index contributed by atoms with van der Waals surface area (Å²) in [6.07, 6.45) is 0. The molecule has 2 heterocycles. The first kappa shape index (κ1) is 9.85. The molecule has 2 aromatic heterocycles. The smallest absolute Gasteiger partial charge is 0.204 e. The van der Waals surface area contributed by atoms with Crippen LogP contribution in [0.2, 0.25) is 0 Å². The molecule has 0 saturated carbocycles. The van der Waals surface area contributed by atoms with Crippen LogP contribution in [0.3, 0.4) is 0 Å². The van der Waals surface area contributed by atoms with E-state index in [0.29, 0.717) is 4.88 Å². The third-order valence-electron chi connectivity index (χ3n) is 1.90. The first-order chi connectivity index (χ1) is 7.26. The number of carbonyl (C=O) groups excluding carboxylic acids is 1. The van der Waals surface area contributed by atoms with E-state index in [0.717, 1.165) is 9.40 Å². The van der Waals surface area contributed by atoms with Crippen LogP contribution in [-0.2, 0) is 0 Å². The SMILES string of the molecule is N#CC(C#N)C(=O)c1cc2sccc2s1. The topological polar surface area (TPSA) is 64.7 Å². The molecule has 0 unspecified atom stereocenters. The Bertz CT molecular complexity index is 554. The number of nitriles is 2. The van der Waals surface area contributed by atoms with Gasteiger partial charge in [-0.2, -0.15) is 10.5 Å². The van der Waals surface area contributed by atoms with Crippen LogP contribution in [0.15, 0.2) is 17.5 Å². The van der Waals surface area contributed by atoms with Crippen molar-refractivity contribution >= 4 is 37.9 Å². The van der Waals surface area contributed by atoms with Crippen LogP contribution < -0.4 is 0 Å². The van der Waals surface area contributed by atoms with Crippen LogP contribution in [0.1, 0.15) is 9.67 Å². The summed E-state index contributed by atoms with van der Waals surface area (Å²) in [5.41, 5.74) is 0. The number of Topliss-reactive ketones (excluding diaryl/α,β-unsaturated/α-hetero) is 1. The van der Waals surface area contributed by atoms with Gasteiger partial charge >= 0.3 is 0 Å². The van der Waals surface area contributed by atoms with Gasteiger partial charge in [0.05, 0.1) is 17.0 Å².